The monoisotopic (exact) mass is 497 g/mol. The Hall–Kier alpha value is -4.04. The van der Waals surface area contributed by atoms with Crippen molar-refractivity contribution in [3.05, 3.63) is 60.4 Å². The van der Waals surface area contributed by atoms with Gasteiger partial charge in [-0.25, -0.2) is 9.97 Å². The Labute approximate surface area is 218 Å². The first kappa shape index (κ1) is 24.6. The Bertz CT molecular complexity index is 1460. The molecule has 0 atom stereocenters. The quantitative estimate of drug-likeness (QED) is 0.314. The number of hydrogen-bond acceptors (Lipinski definition) is 7. The number of nitrogens with zero attached hydrogens (tertiary/aromatic N) is 5. The summed E-state index contributed by atoms with van der Waals surface area (Å²) in [6.45, 7) is 6.78. The maximum absolute atomic E-state index is 6.47. The third-order valence-electron chi connectivity index (χ3n) is 7.01. The summed E-state index contributed by atoms with van der Waals surface area (Å²) in [6.07, 6.45) is 8.08. The second kappa shape index (κ2) is 10.1. The molecule has 8 nitrogen and oxygen atoms in total. The SMILES string of the molecule is C=Cc1cnc(Nc2cc(N)c(N(C)CCN(C)C)cc2OC)nc1-c1cn2c3c(cccc13)CCC2. The highest BCUT2D eigenvalue weighted by molar-refractivity contribution is 5.99. The standard InChI is InChI=1S/C29H35N7O/c1-6-19-17-31-29(32-24-15-23(30)25(16-26(24)37-5)35(4)14-13-34(2)3)33-27(19)22-18-36-12-8-10-20-9-7-11-21(22)28(20)36/h6-7,9,11,15-18H,1,8,10,12-14,30H2,2-5H3,(H,31,32,33). The minimum Gasteiger partial charge on any atom is -0.494 e. The molecule has 0 radical (unpaired) electrons. The molecule has 37 heavy (non-hydrogen) atoms. The van der Waals surface area contributed by atoms with Gasteiger partial charge in [0.2, 0.25) is 5.95 Å². The molecule has 0 saturated carbocycles. The number of rotatable bonds is 9. The van der Waals surface area contributed by atoms with Gasteiger partial charge in [-0.1, -0.05) is 30.9 Å². The molecule has 8 heteroatoms. The molecular formula is C29H35N7O. The molecule has 0 spiro atoms. The number of anilines is 4. The van der Waals surface area contributed by atoms with Gasteiger partial charge in [-0.15, -0.1) is 0 Å². The van der Waals surface area contributed by atoms with E-state index >= 15 is 0 Å². The van der Waals surface area contributed by atoms with Crippen LogP contribution in [0.4, 0.5) is 23.0 Å². The normalized spacial score (nSPS) is 12.7. The summed E-state index contributed by atoms with van der Waals surface area (Å²) in [7, 11) is 7.80. The lowest BCUT2D eigenvalue weighted by Gasteiger charge is -2.24. The highest BCUT2D eigenvalue weighted by Gasteiger charge is 2.20. The van der Waals surface area contributed by atoms with Gasteiger partial charge < -0.3 is 30.2 Å². The molecule has 2 aromatic heterocycles. The van der Waals surface area contributed by atoms with Crippen molar-refractivity contribution in [3.63, 3.8) is 0 Å². The predicted molar refractivity (Wildman–Crippen MR) is 154 cm³/mol. The molecule has 0 bridgehead atoms. The average molecular weight is 498 g/mol. The number of para-hydroxylation sites is 1. The lowest BCUT2D eigenvalue weighted by molar-refractivity contribution is 0.413. The molecule has 5 rings (SSSR count). The Morgan fingerprint density at radius 3 is 2.81 bits per heavy atom. The van der Waals surface area contributed by atoms with Gasteiger partial charge in [-0.05, 0) is 38.6 Å². The predicted octanol–water partition coefficient (Wildman–Crippen LogP) is 5.02. The highest BCUT2D eigenvalue weighted by atomic mass is 16.5. The first-order valence-electron chi connectivity index (χ1n) is 12.6. The van der Waals surface area contributed by atoms with E-state index in [1.807, 2.05) is 31.5 Å². The number of methoxy groups -OCH3 is 1. The van der Waals surface area contributed by atoms with E-state index in [2.05, 4.69) is 69.7 Å². The fourth-order valence-electron chi connectivity index (χ4n) is 5.03. The second-order valence-electron chi connectivity index (χ2n) is 9.82. The molecule has 3 heterocycles. The summed E-state index contributed by atoms with van der Waals surface area (Å²) in [6, 6.07) is 10.4. The largest absolute Gasteiger partial charge is 0.494 e. The highest BCUT2D eigenvalue weighted by Crippen LogP contribution is 2.38. The van der Waals surface area contributed by atoms with Crippen molar-refractivity contribution in [2.24, 2.45) is 0 Å². The first-order chi connectivity index (χ1) is 17.9. The molecule has 3 N–H and O–H groups in total. The van der Waals surface area contributed by atoms with Gasteiger partial charge >= 0.3 is 0 Å². The molecular weight excluding hydrogens is 462 g/mol. The van der Waals surface area contributed by atoms with Crippen LogP contribution >= 0.6 is 0 Å². The maximum Gasteiger partial charge on any atom is 0.227 e. The Morgan fingerprint density at radius 1 is 1.22 bits per heavy atom. The zero-order valence-electron chi connectivity index (χ0n) is 22.1. The van der Waals surface area contributed by atoms with Crippen molar-refractivity contribution in [2.45, 2.75) is 19.4 Å². The van der Waals surface area contributed by atoms with E-state index in [0.29, 0.717) is 23.1 Å². The van der Waals surface area contributed by atoms with Crippen LogP contribution in [0.3, 0.4) is 0 Å². The summed E-state index contributed by atoms with van der Waals surface area (Å²) in [5, 5.41) is 4.55. The second-order valence-corrected chi connectivity index (χ2v) is 9.82. The molecule has 0 amide bonds. The van der Waals surface area contributed by atoms with Crippen LogP contribution in [0.15, 0.2) is 49.3 Å². The third kappa shape index (κ3) is 4.72. The third-order valence-corrected chi connectivity index (χ3v) is 7.01. The first-order valence-corrected chi connectivity index (χ1v) is 12.6. The van der Waals surface area contributed by atoms with Gasteiger partial charge in [0.25, 0.3) is 0 Å². The molecule has 0 saturated heterocycles. The minimum absolute atomic E-state index is 0.471. The number of benzene rings is 2. The van der Waals surface area contributed by atoms with Crippen LogP contribution in [0, 0.1) is 0 Å². The van der Waals surface area contributed by atoms with Crippen LogP contribution in [0.5, 0.6) is 5.75 Å². The van der Waals surface area contributed by atoms with Gasteiger partial charge in [-0.3, -0.25) is 0 Å². The summed E-state index contributed by atoms with van der Waals surface area (Å²) in [5.41, 5.74) is 14.3. The topological polar surface area (TPSA) is 84.5 Å². The van der Waals surface area contributed by atoms with E-state index in [4.69, 9.17) is 15.5 Å². The van der Waals surface area contributed by atoms with Crippen molar-refractivity contribution in [2.75, 3.05) is 57.3 Å². The van der Waals surface area contributed by atoms with Crippen LogP contribution in [0.25, 0.3) is 28.2 Å². The summed E-state index contributed by atoms with van der Waals surface area (Å²) < 4.78 is 8.06. The van der Waals surface area contributed by atoms with Gasteiger partial charge in [0.05, 0.1) is 35.4 Å². The molecule has 192 valence electrons. The number of ether oxygens (including phenoxy) is 1. The maximum atomic E-state index is 6.47. The van der Waals surface area contributed by atoms with Crippen LogP contribution in [-0.2, 0) is 13.0 Å². The average Bonchev–Trinajstić information content (AvgIpc) is 3.28. The number of likely N-dealkylation sites (N-methyl/N-ethyl adjacent to an activating group) is 2. The van der Waals surface area contributed by atoms with Crippen LogP contribution in [-0.4, -0.2) is 60.8 Å². The number of nitrogens with two attached hydrogens (primary N) is 1. The zero-order valence-corrected chi connectivity index (χ0v) is 22.1. The molecule has 1 aliphatic rings. The lowest BCUT2D eigenvalue weighted by atomic mass is 10.0. The molecule has 4 aromatic rings. The lowest BCUT2D eigenvalue weighted by Crippen LogP contribution is -2.29. The van der Waals surface area contributed by atoms with Crippen molar-refractivity contribution in [1.82, 2.24) is 19.4 Å². The Balaban J connectivity index is 1.51. The van der Waals surface area contributed by atoms with Crippen molar-refractivity contribution < 1.29 is 4.74 Å². The Morgan fingerprint density at radius 2 is 2.05 bits per heavy atom. The van der Waals surface area contributed by atoms with Crippen LogP contribution in [0.1, 0.15) is 17.5 Å². The number of hydrogen-bond donors (Lipinski definition) is 2. The summed E-state index contributed by atoms with van der Waals surface area (Å²) >= 11 is 0. The van der Waals surface area contributed by atoms with Gasteiger partial charge in [0, 0.05) is 61.7 Å². The van der Waals surface area contributed by atoms with Crippen molar-refractivity contribution in [1.29, 1.82) is 0 Å². The molecule has 0 unspecified atom stereocenters. The number of nitrogen functional groups attached to an aromatic ring is 1. The van der Waals surface area contributed by atoms with Crippen molar-refractivity contribution in [3.8, 4) is 17.0 Å². The van der Waals surface area contributed by atoms with Crippen LogP contribution in [0.2, 0.25) is 0 Å². The van der Waals surface area contributed by atoms with E-state index in [0.717, 1.165) is 55.0 Å². The Kier molecular flexibility index (Phi) is 6.76. The molecule has 0 fully saturated rings. The van der Waals surface area contributed by atoms with Gasteiger partial charge in [-0.2, -0.15) is 0 Å². The van der Waals surface area contributed by atoms with E-state index in [9.17, 15) is 0 Å². The van der Waals surface area contributed by atoms with E-state index in [1.165, 1.54) is 16.5 Å². The molecule has 1 aliphatic heterocycles. The summed E-state index contributed by atoms with van der Waals surface area (Å²) in [5.74, 6) is 1.14. The zero-order chi connectivity index (χ0) is 26.1. The number of nitrogens with one attached hydrogen (secondary N) is 1. The van der Waals surface area contributed by atoms with E-state index < -0.39 is 0 Å². The number of aryl methyl sites for hydroxylation is 2. The van der Waals surface area contributed by atoms with E-state index in [-0.39, 0.29) is 0 Å². The summed E-state index contributed by atoms with van der Waals surface area (Å²) in [4.78, 5) is 13.8. The van der Waals surface area contributed by atoms with Crippen molar-refractivity contribution >= 4 is 40.0 Å². The fourth-order valence-corrected chi connectivity index (χ4v) is 5.03. The van der Waals surface area contributed by atoms with E-state index in [1.54, 1.807) is 7.11 Å². The minimum atomic E-state index is 0.471. The van der Waals surface area contributed by atoms with Gasteiger partial charge in [0.15, 0.2) is 0 Å². The smallest absolute Gasteiger partial charge is 0.227 e. The van der Waals surface area contributed by atoms with Crippen LogP contribution < -0.4 is 20.7 Å². The molecule has 0 aliphatic carbocycles. The molecule has 2 aromatic carbocycles. The fraction of sp³-hybridized carbons (Fsp3) is 0.310. The number of aromatic nitrogens is 3. The van der Waals surface area contributed by atoms with Gasteiger partial charge in [0.1, 0.15) is 5.75 Å².